The van der Waals surface area contributed by atoms with E-state index in [1.165, 1.54) is 72.7 Å². The highest BCUT2D eigenvalue weighted by Gasteiger charge is 2.46. The summed E-state index contributed by atoms with van der Waals surface area (Å²) in [6.07, 6.45) is 35.4. The summed E-state index contributed by atoms with van der Waals surface area (Å²) in [7, 11) is 0. The van der Waals surface area contributed by atoms with Gasteiger partial charge in [-0.15, -0.1) is 0 Å². The SMILES string of the molecule is Cc1cccc(C2(C)N=C(C3C=CC=CC3)NC(c3ccccc3)=C2C2CCC3=C(C2)OC2=C(n4c5c(c6ccc(C7C=CC=CC7)cc64)CCC=C5)C=CCC32)c1. The Kier molecular flexibility index (Phi) is 8.64. The molecule has 1 N–H and O–H groups in total. The zero-order valence-electron chi connectivity index (χ0n) is 33.6. The third kappa shape index (κ3) is 5.82. The van der Waals surface area contributed by atoms with Gasteiger partial charge in [0.2, 0.25) is 0 Å². The summed E-state index contributed by atoms with van der Waals surface area (Å²) in [5.41, 5.74) is 13.9. The normalized spacial score (nSPS) is 27.1. The van der Waals surface area contributed by atoms with Gasteiger partial charge in [0.15, 0.2) is 0 Å². The number of aromatic nitrogens is 1. The molecule has 4 heteroatoms. The molecule has 3 heterocycles. The summed E-state index contributed by atoms with van der Waals surface area (Å²) in [4.78, 5) is 5.76. The van der Waals surface area contributed by atoms with Crippen molar-refractivity contribution in [2.45, 2.75) is 76.7 Å². The van der Waals surface area contributed by atoms with Gasteiger partial charge >= 0.3 is 0 Å². The number of aryl methyl sites for hydroxylation is 2. The lowest BCUT2D eigenvalue weighted by Crippen LogP contribution is -2.43. The molecule has 0 bridgehead atoms. The number of allylic oxidation sites excluding steroid dienone is 13. The standard InChI is InChI=1S/C54H51N3O/c1-35-16-14-23-41(32-35)54(2)50(51(37-19-8-4-9-20-37)55-53(56-54)38-21-10-5-11-22-38)40-29-31-44-45-25-15-27-47(52(45)58-49(44)34-40)57-46-26-13-12-24-42(46)43-30-28-39(33-48(43)57)36-17-6-3-7-18-36/h3-11,13-17,19-21,23,26-28,30,32-33,36,38,40,45H,12,18,22,24-25,29,31,34H2,1-2H3,(H,55,56). The molecule has 0 fully saturated rings. The minimum Gasteiger partial charge on any atom is -0.463 e. The topological polar surface area (TPSA) is 38.6 Å². The number of amidine groups is 1. The van der Waals surface area contributed by atoms with Gasteiger partial charge in [-0.3, -0.25) is 4.99 Å². The van der Waals surface area contributed by atoms with Gasteiger partial charge in [0, 0.05) is 41.0 Å². The van der Waals surface area contributed by atoms with E-state index in [0.717, 1.165) is 63.0 Å². The van der Waals surface area contributed by atoms with Gasteiger partial charge in [0.25, 0.3) is 0 Å². The second kappa shape index (κ2) is 14.2. The van der Waals surface area contributed by atoms with Crippen molar-refractivity contribution in [3.05, 3.63) is 196 Å². The summed E-state index contributed by atoms with van der Waals surface area (Å²) in [5, 5.41) is 5.36. The van der Waals surface area contributed by atoms with Crippen LogP contribution in [0.2, 0.25) is 0 Å². The van der Waals surface area contributed by atoms with E-state index in [1.807, 2.05) is 0 Å². The molecule has 5 atom stereocenters. The molecule has 0 spiro atoms. The van der Waals surface area contributed by atoms with Crippen LogP contribution in [-0.2, 0) is 16.7 Å². The van der Waals surface area contributed by atoms with Gasteiger partial charge in [-0.05, 0) is 116 Å². The molecule has 5 unspecified atom stereocenters. The fourth-order valence-electron chi connectivity index (χ4n) is 11.0. The lowest BCUT2D eigenvalue weighted by molar-refractivity contribution is 0.271. The number of rotatable bonds is 6. The molecule has 0 saturated carbocycles. The summed E-state index contributed by atoms with van der Waals surface area (Å²) in [6, 6.07) is 27.2. The number of hydrogen-bond acceptors (Lipinski definition) is 3. The molecule has 11 rings (SSSR count). The minimum absolute atomic E-state index is 0.201. The van der Waals surface area contributed by atoms with Crippen LogP contribution in [0.5, 0.6) is 0 Å². The second-order valence-electron chi connectivity index (χ2n) is 17.4. The van der Waals surface area contributed by atoms with E-state index in [4.69, 9.17) is 9.73 Å². The van der Waals surface area contributed by atoms with Crippen LogP contribution in [0.25, 0.3) is 28.4 Å². The predicted molar refractivity (Wildman–Crippen MR) is 240 cm³/mol. The van der Waals surface area contributed by atoms with E-state index in [0.29, 0.717) is 5.92 Å². The first kappa shape index (κ1) is 35.3. The number of ether oxygens (including phenoxy) is 1. The average molecular weight is 758 g/mol. The Morgan fingerprint density at radius 1 is 0.810 bits per heavy atom. The minimum atomic E-state index is -0.552. The van der Waals surface area contributed by atoms with E-state index in [9.17, 15) is 0 Å². The molecule has 5 aliphatic carbocycles. The highest BCUT2D eigenvalue weighted by atomic mass is 16.5. The third-order valence-corrected chi connectivity index (χ3v) is 13.8. The van der Waals surface area contributed by atoms with Crippen molar-refractivity contribution in [1.82, 2.24) is 9.88 Å². The summed E-state index contributed by atoms with van der Waals surface area (Å²) >= 11 is 0. The smallest absolute Gasteiger partial charge is 0.135 e. The molecule has 288 valence electrons. The Morgan fingerprint density at radius 2 is 1.66 bits per heavy atom. The Balaban J connectivity index is 1.01. The summed E-state index contributed by atoms with van der Waals surface area (Å²) in [5.74, 6) is 4.48. The van der Waals surface area contributed by atoms with Crippen molar-refractivity contribution in [1.29, 1.82) is 0 Å². The molecule has 7 aliphatic rings. The van der Waals surface area contributed by atoms with Gasteiger partial charge in [0.05, 0.1) is 11.2 Å². The number of nitrogens with one attached hydrogen (secondary N) is 1. The van der Waals surface area contributed by atoms with Crippen molar-refractivity contribution in [3.8, 4) is 0 Å². The third-order valence-electron chi connectivity index (χ3n) is 13.8. The van der Waals surface area contributed by atoms with Gasteiger partial charge in [-0.1, -0.05) is 133 Å². The van der Waals surface area contributed by atoms with Crippen LogP contribution in [0, 0.1) is 24.7 Å². The van der Waals surface area contributed by atoms with Crippen molar-refractivity contribution in [2.24, 2.45) is 22.7 Å². The Morgan fingerprint density at radius 3 is 2.47 bits per heavy atom. The number of aliphatic imine (C=N–C) groups is 1. The van der Waals surface area contributed by atoms with Crippen LogP contribution in [-0.4, -0.2) is 10.4 Å². The lowest BCUT2D eigenvalue weighted by atomic mass is 9.69. The average Bonchev–Trinajstić information content (AvgIpc) is 3.82. The van der Waals surface area contributed by atoms with E-state index >= 15 is 0 Å². The second-order valence-corrected chi connectivity index (χ2v) is 17.4. The van der Waals surface area contributed by atoms with Gasteiger partial charge in [-0.25, -0.2) is 0 Å². The molecule has 0 saturated heterocycles. The van der Waals surface area contributed by atoms with E-state index < -0.39 is 5.54 Å². The largest absolute Gasteiger partial charge is 0.463 e. The maximum Gasteiger partial charge on any atom is 0.135 e. The van der Waals surface area contributed by atoms with E-state index in [-0.39, 0.29) is 17.8 Å². The Labute approximate surface area is 342 Å². The molecular weight excluding hydrogens is 707 g/mol. The maximum absolute atomic E-state index is 7.31. The molecule has 1 aromatic heterocycles. The van der Waals surface area contributed by atoms with Crippen LogP contribution in [0.3, 0.4) is 0 Å². The van der Waals surface area contributed by atoms with Gasteiger partial charge < -0.3 is 14.6 Å². The van der Waals surface area contributed by atoms with Gasteiger partial charge in [0.1, 0.15) is 22.9 Å². The molecular formula is C54H51N3O. The number of hydrogen-bond donors (Lipinski definition) is 1. The van der Waals surface area contributed by atoms with Crippen LogP contribution in [0.1, 0.15) is 91.3 Å². The van der Waals surface area contributed by atoms with Gasteiger partial charge in [-0.2, -0.15) is 0 Å². The summed E-state index contributed by atoms with van der Waals surface area (Å²) in [6.45, 7) is 4.57. The monoisotopic (exact) mass is 757 g/mol. The Hall–Kier alpha value is -5.87. The first-order valence-electron chi connectivity index (χ1n) is 21.6. The first-order valence-corrected chi connectivity index (χ1v) is 21.6. The van der Waals surface area contributed by atoms with Crippen LogP contribution in [0.4, 0.5) is 0 Å². The van der Waals surface area contributed by atoms with Crippen molar-refractivity contribution in [2.75, 3.05) is 0 Å². The molecule has 0 radical (unpaired) electrons. The zero-order valence-corrected chi connectivity index (χ0v) is 33.6. The lowest BCUT2D eigenvalue weighted by Gasteiger charge is -2.42. The van der Waals surface area contributed by atoms with E-state index in [2.05, 4.69) is 169 Å². The molecule has 4 aromatic rings. The van der Waals surface area contributed by atoms with E-state index in [1.54, 1.807) is 0 Å². The molecule has 58 heavy (non-hydrogen) atoms. The van der Waals surface area contributed by atoms with Crippen molar-refractivity contribution in [3.63, 3.8) is 0 Å². The predicted octanol–water partition coefficient (Wildman–Crippen LogP) is 12.8. The first-order chi connectivity index (χ1) is 28.5. The number of nitrogens with zero attached hydrogens (tertiary/aromatic N) is 2. The quantitative estimate of drug-likeness (QED) is 0.213. The molecule has 2 aliphatic heterocycles. The van der Waals surface area contributed by atoms with Crippen LogP contribution in [0.15, 0.2) is 167 Å². The molecule has 0 amide bonds. The highest BCUT2D eigenvalue weighted by molar-refractivity contribution is 5.98. The molecule has 4 nitrogen and oxygen atoms in total. The number of benzene rings is 3. The zero-order chi connectivity index (χ0) is 38.8. The number of fused-ring (bicyclic) bond motifs is 5. The highest BCUT2D eigenvalue weighted by Crippen LogP contribution is 2.55. The van der Waals surface area contributed by atoms with Crippen molar-refractivity contribution < 1.29 is 4.74 Å². The maximum atomic E-state index is 7.31. The molecule has 3 aromatic carbocycles. The van der Waals surface area contributed by atoms with Crippen molar-refractivity contribution >= 4 is 34.2 Å². The summed E-state index contributed by atoms with van der Waals surface area (Å²) < 4.78 is 9.85. The fraction of sp³-hybridized carbons (Fsp3) is 0.278. The Bertz CT molecular complexity index is 2670. The van der Waals surface area contributed by atoms with Crippen LogP contribution >= 0.6 is 0 Å². The van der Waals surface area contributed by atoms with Crippen LogP contribution < -0.4 is 5.32 Å². The fourth-order valence-corrected chi connectivity index (χ4v) is 11.0.